The minimum absolute atomic E-state index is 0.104. The standard InChI is InChI=1S/C23H18F3N5O2/c24-23(25,26)33-17-6-3-5-16(14-17)30-13-10-20(32)21(29-30)19-9-12-28-31(19)22-18-7-2-1-4-15(18)8-11-27-22/h3,5-6,8-14H,1-2,4,7H2. The lowest BCUT2D eigenvalue weighted by Crippen LogP contribution is -2.18. The van der Waals surface area contributed by atoms with Gasteiger partial charge in [-0.15, -0.1) is 13.2 Å². The van der Waals surface area contributed by atoms with E-state index in [9.17, 15) is 18.0 Å². The van der Waals surface area contributed by atoms with E-state index >= 15 is 0 Å². The van der Waals surface area contributed by atoms with Gasteiger partial charge >= 0.3 is 6.36 Å². The van der Waals surface area contributed by atoms with E-state index < -0.39 is 6.36 Å². The number of aromatic nitrogens is 5. The lowest BCUT2D eigenvalue weighted by Gasteiger charge is -2.19. The summed E-state index contributed by atoms with van der Waals surface area (Å²) < 4.78 is 44.7. The molecule has 0 fully saturated rings. The van der Waals surface area contributed by atoms with E-state index in [1.807, 2.05) is 6.07 Å². The summed E-state index contributed by atoms with van der Waals surface area (Å²) in [5, 5.41) is 8.79. The third kappa shape index (κ3) is 4.23. The maximum atomic E-state index is 12.7. The van der Waals surface area contributed by atoms with E-state index in [4.69, 9.17) is 0 Å². The number of rotatable bonds is 4. The van der Waals surface area contributed by atoms with Crippen molar-refractivity contribution in [2.75, 3.05) is 0 Å². The van der Waals surface area contributed by atoms with Crippen LogP contribution in [0, 0.1) is 0 Å². The molecule has 0 unspecified atom stereocenters. The normalized spacial score (nSPS) is 13.5. The number of fused-ring (bicyclic) bond motifs is 1. The summed E-state index contributed by atoms with van der Waals surface area (Å²) in [7, 11) is 0. The molecule has 0 saturated heterocycles. The van der Waals surface area contributed by atoms with Gasteiger partial charge in [0.2, 0.25) is 5.43 Å². The fraction of sp³-hybridized carbons (Fsp3) is 0.217. The van der Waals surface area contributed by atoms with Crippen molar-refractivity contribution >= 4 is 0 Å². The molecule has 5 rings (SSSR count). The van der Waals surface area contributed by atoms with Gasteiger partial charge in [-0.2, -0.15) is 10.2 Å². The van der Waals surface area contributed by atoms with Gasteiger partial charge in [-0.3, -0.25) is 4.79 Å². The van der Waals surface area contributed by atoms with E-state index in [-0.39, 0.29) is 16.9 Å². The SMILES string of the molecule is O=c1ccn(-c2cccc(OC(F)(F)F)c2)nc1-c1ccnn1-c1nccc2c1CCCC2. The highest BCUT2D eigenvalue weighted by Crippen LogP contribution is 2.28. The average Bonchev–Trinajstić information content (AvgIpc) is 3.27. The van der Waals surface area contributed by atoms with Crippen molar-refractivity contribution < 1.29 is 17.9 Å². The molecule has 0 saturated carbocycles. The van der Waals surface area contributed by atoms with Crippen molar-refractivity contribution in [1.82, 2.24) is 24.5 Å². The van der Waals surface area contributed by atoms with Crippen molar-refractivity contribution in [3.63, 3.8) is 0 Å². The number of nitrogens with zero attached hydrogens (tertiary/aromatic N) is 5. The molecule has 0 aliphatic heterocycles. The van der Waals surface area contributed by atoms with Crippen molar-refractivity contribution in [2.24, 2.45) is 0 Å². The van der Waals surface area contributed by atoms with E-state index in [0.717, 1.165) is 31.2 Å². The van der Waals surface area contributed by atoms with Crippen molar-refractivity contribution in [1.29, 1.82) is 0 Å². The first-order valence-corrected chi connectivity index (χ1v) is 10.4. The number of hydrogen-bond acceptors (Lipinski definition) is 5. The predicted molar refractivity (Wildman–Crippen MR) is 114 cm³/mol. The van der Waals surface area contributed by atoms with Crippen LogP contribution in [0.4, 0.5) is 13.2 Å². The Bertz CT molecular complexity index is 1380. The molecule has 168 valence electrons. The first kappa shape index (κ1) is 20.9. The van der Waals surface area contributed by atoms with Crippen LogP contribution < -0.4 is 10.2 Å². The Labute approximate surface area is 186 Å². The molecule has 7 nitrogen and oxygen atoms in total. The van der Waals surface area contributed by atoms with E-state index in [0.29, 0.717) is 17.2 Å². The lowest BCUT2D eigenvalue weighted by atomic mass is 9.92. The minimum Gasteiger partial charge on any atom is -0.406 e. The van der Waals surface area contributed by atoms with Gasteiger partial charge in [0.05, 0.1) is 11.9 Å². The van der Waals surface area contributed by atoms with Crippen molar-refractivity contribution in [2.45, 2.75) is 32.0 Å². The van der Waals surface area contributed by atoms with Crippen LogP contribution in [0.15, 0.2) is 65.8 Å². The first-order chi connectivity index (χ1) is 15.9. The van der Waals surface area contributed by atoms with Gasteiger partial charge in [0.1, 0.15) is 11.4 Å². The van der Waals surface area contributed by atoms with Crippen LogP contribution in [0.25, 0.3) is 22.9 Å². The largest absolute Gasteiger partial charge is 0.573 e. The second-order valence-electron chi connectivity index (χ2n) is 7.63. The second kappa shape index (κ2) is 8.19. The summed E-state index contributed by atoms with van der Waals surface area (Å²) in [4.78, 5) is 17.2. The minimum atomic E-state index is -4.81. The molecule has 0 bridgehead atoms. The van der Waals surface area contributed by atoms with Crippen molar-refractivity contribution in [3.05, 3.63) is 82.4 Å². The molecule has 0 atom stereocenters. The molecule has 1 aliphatic rings. The Morgan fingerprint density at radius 3 is 2.70 bits per heavy atom. The Kier molecular flexibility index (Phi) is 5.20. The maximum Gasteiger partial charge on any atom is 0.573 e. The van der Waals surface area contributed by atoms with E-state index in [1.165, 1.54) is 40.7 Å². The smallest absolute Gasteiger partial charge is 0.406 e. The van der Waals surface area contributed by atoms with Crippen LogP contribution in [0.2, 0.25) is 0 Å². The first-order valence-electron chi connectivity index (χ1n) is 10.4. The Hall–Kier alpha value is -3.95. The van der Waals surface area contributed by atoms with Crippen LogP contribution in [0.3, 0.4) is 0 Å². The van der Waals surface area contributed by atoms with Crippen LogP contribution >= 0.6 is 0 Å². The Morgan fingerprint density at radius 1 is 1.00 bits per heavy atom. The molecule has 0 spiro atoms. The van der Waals surface area contributed by atoms with Crippen molar-refractivity contribution in [3.8, 4) is 28.6 Å². The van der Waals surface area contributed by atoms with Crippen LogP contribution in [-0.4, -0.2) is 30.9 Å². The summed E-state index contributed by atoms with van der Waals surface area (Å²) in [5.74, 6) is 0.275. The number of hydrogen-bond donors (Lipinski definition) is 0. The monoisotopic (exact) mass is 453 g/mol. The molecule has 3 aromatic heterocycles. The highest BCUT2D eigenvalue weighted by atomic mass is 19.4. The highest BCUT2D eigenvalue weighted by molar-refractivity contribution is 5.58. The summed E-state index contributed by atoms with van der Waals surface area (Å²) in [5.41, 5.74) is 2.82. The molecule has 0 N–H and O–H groups in total. The zero-order valence-electron chi connectivity index (χ0n) is 17.3. The molecule has 10 heteroatoms. The van der Waals surface area contributed by atoms with Gasteiger partial charge in [0.15, 0.2) is 11.5 Å². The van der Waals surface area contributed by atoms with Crippen LogP contribution in [-0.2, 0) is 12.8 Å². The molecular weight excluding hydrogens is 435 g/mol. The fourth-order valence-corrected chi connectivity index (χ4v) is 4.03. The lowest BCUT2D eigenvalue weighted by molar-refractivity contribution is -0.274. The number of ether oxygens (including phenoxy) is 1. The molecule has 1 aromatic carbocycles. The molecular formula is C23H18F3N5O2. The van der Waals surface area contributed by atoms with Crippen LogP contribution in [0.5, 0.6) is 5.75 Å². The topological polar surface area (TPSA) is 74.8 Å². The number of pyridine rings is 1. The zero-order chi connectivity index (χ0) is 23.0. The molecule has 0 amide bonds. The predicted octanol–water partition coefficient (Wildman–Crippen LogP) is 4.26. The maximum absolute atomic E-state index is 12.7. The summed E-state index contributed by atoms with van der Waals surface area (Å²) >= 11 is 0. The van der Waals surface area contributed by atoms with Gasteiger partial charge in [-0.25, -0.2) is 14.3 Å². The van der Waals surface area contributed by atoms with Crippen LogP contribution in [0.1, 0.15) is 24.0 Å². The zero-order valence-corrected chi connectivity index (χ0v) is 17.3. The van der Waals surface area contributed by atoms with E-state index in [2.05, 4.69) is 19.9 Å². The van der Waals surface area contributed by atoms with Gasteiger partial charge in [0, 0.05) is 30.1 Å². The summed E-state index contributed by atoms with van der Waals surface area (Å²) in [6.45, 7) is 0. The molecule has 33 heavy (non-hydrogen) atoms. The van der Waals surface area contributed by atoms with Gasteiger partial charge in [-0.1, -0.05) is 6.07 Å². The second-order valence-corrected chi connectivity index (χ2v) is 7.63. The van der Waals surface area contributed by atoms with Gasteiger partial charge in [-0.05, 0) is 55.5 Å². The Morgan fingerprint density at radius 2 is 1.85 bits per heavy atom. The molecule has 4 aromatic rings. The summed E-state index contributed by atoms with van der Waals surface area (Å²) in [6, 6.07) is 10.4. The number of alkyl halides is 3. The number of benzene rings is 1. The highest BCUT2D eigenvalue weighted by Gasteiger charge is 2.31. The quantitative estimate of drug-likeness (QED) is 0.462. The number of aryl methyl sites for hydroxylation is 1. The average molecular weight is 453 g/mol. The fourth-order valence-electron chi connectivity index (χ4n) is 4.03. The van der Waals surface area contributed by atoms with E-state index in [1.54, 1.807) is 29.2 Å². The third-order valence-corrected chi connectivity index (χ3v) is 5.46. The van der Waals surface area contributed by atoms with Gasteiger partial charge in [0.25, 0.3) is 0 Å². The molecule has 3 heterocycles. The van der Waals surface area contributed by atoms with Gasteiger partial charge < -0.3 is 4.74 Å². The number of halogens is 3. The Balaban J connectivity index is 1.58. The third-order valence-electron chi connectivity index (χ3n) is 5.46. The molecule has 1 aliphatic carbocycles. The summed E-state index contributed by atoms with van der Waals surface area (Å²) in [6.07, 6.45) is 3.88. The molecule has 0 radical (unpaired) electrons.